The van der Waals surface area contributed by atoms with Crippen LogP contribution < -0.4 is 4.90 Å². The molecule has 2 aliphatic carbocycles. The molecule has 1 aliphatic heterocycles. The first-order valence-corrected chi connectivity index (χ1v) is 25.1. The van der Waals surface area contributed by atoms with Gasteiger partial charge in [-0.15, -0.1) is 11.3 Å². The molecule has 13 aromatic rings. The summed E-state index contributed by atoms with van der Waals surface area (Å²) in [5.74, 6) is 0. The van der Waals surface area contributed by atoms with E-state index in [9.17, 15) is 0 Å². The lowest BCUT2D eigenvalue weighted by molar-refractivity contribution is 0.794. The Morgan fingerprint density at radius 3 is 1.66 bits per heavy atom. The quantitative estimate of drug-likeness (QED) is 0.167. The number of thiophene rings is 1. The van der Waals surface area contributed by atoms with Crippen LogP contribution in [0.5, 0.6) is 0 Å². The zero-order valence-corrected chi connectivity index (χ0v) is 38.7. The number of aromatic nitrogens is 1. The van der Waals surface area contributed by atoms with Crippen LogP contribution in [0.1, 0.15) is 22.3 Å². The number of anilines is 3. The molecule has 70 heavy (non-hydrogen) atoms. The summed E-state index contributed by atoms with van der Waals surface area (Å²) in [5.41, 5.74) is 24.3. The van der Waals surface area contributed by atoms with Crippen molar-refractivity contribution in [1.82, 2.24) is 4.57 Å². The van der Waals surface area contributed by atoms with E-state index in [1.54, 1.807) is 0 Å². The van der Waals surface area contributed by atoms with Gasteiger partial charge in [-0.3, -0.25) is 0 Å². The lowest BCUT2D eigenvalue weighted by Gasteiger charge is -2.33. The SMILES string of the molecule is c1ccc(-c2cc(-c3ccccc3)cc(N(c3ccc4c(c3)sc3ccccc34)c3ccc4c5c3-c3ccccc3-n3c6ccccc6c6ccc(c-5c63)C43c4ccccc4-c4ccccc43)c2)cc1. The summed E-state index contributed by atoms with van der Waals surface area (Å²) in [7, 11) is 0. The maximum atomic E-state index is 2.59. The monoisotopic (exact) mass is 904 g/mol. The van der Waals surface area contributed by atoms with Gasteiger partial charge in [0.2, 0.25) is 0 Å². The molecule has 0 N–H and O–H groups in total. The van der Waals surface area contributed by atoms with Crippen molar-refractivity contribution in [2.75, 3.05) is 4.90 Å². The van der Waals surface area contributed by atoms with Crippen molar-refractivity contribution >= 4 is 70.4 Å². The molecule has 16 rings (SSSR count). The molecule has 3 heteroatoms. The molecule has 0 saturated heterocycles. The van der Waals surface area contributed by atoms with Gasteiger partial charge in [0, 0.05) is 59.0 Å². The average Bonchev–Trinajstić information content (AvgIpc) is 4.13. The van der Waals surface area contributed by atoms with Crippen molar-refractivity contribution in [2.45, 2.75) is 5.41 Å². The molecular formula is C67H40N2S. The van der Waals surface area contributed by atoms with Crippen LogP contribution in [0.2, 0.25) is 0 Å². The van der Waals surface area contributed by atoms with E-state index in [2.05, 4.69) is 252 Å². The number of hydrogen-bond donors (Lipinski definition) is 0. The predicted octanol–water partition coefficient (Wildman–Crippen LogP) is 18.3. The first-order valence-electron chi connectivity index (χ1n) is 24.2. The van der Waals surface area contributed by atoms with Gasteiger partial charge in [0.05, 0.1) is 27.8 Å². The third-order valence-electron chi connectivity index (χ3n) is 15.7. The van der Waals surface area contributed by atoms with Crippen LogP contribution >= 0.6 is 11.3 Å². The highest BCUT2D eigenvalue weighted by Gasteiger charge is 2.54. The fourth-order valence-corrected chi connectivity index (χ4v) is 14.1. The highest BCUT2D eigenvalue weighted by atomic mass is 32.1. The molecule has 0 saturated carbocycles. The second kappa shape index (κ2) is 14.1. The third-order valence-corrected chi connectivity index (χ3v) is 16.8. The van der Waals surface area contributed by atoms with Gasteiger partial charge in [0.1, 0.15) is 0 Å². The van der Waals surface area contributed by atoms with Crippen LogP contribution in [0.25, 0.3) is 103 Å². The summed E-state index contributed by atoms with van der Waals surface area (Å²) in [6.07, 6.45) is 0. The minimum Gasteiger partial charge on any atom is -0.310 e. The van der Waals surface area contributed by atoms with Crippen LogP contribution in [0.15, 0.2) is 243 Å². The molecule has 2 nitrogen and oxygen atoms in total. The zero-order chi connectivity index (χ0) is 45.7. The number of benzene rings is 11. The van der Waals surface area contributed by atoms with Gasteiger partial charge in [-0.25, -0.2) is 0 Å². The highest BCUT2D eigenvalue weighted by molar-refractivity contribution is 7.25. The molecule has 1 spiro atoms. The summed E-state index contributed by atoms with van der Waals surface area (Å²) in [6, 6.07) is 91.3. The standard InChI is InChI=1S/C67H40N2S/c1-3-17-41(18-4-1)43-37-44(42-19-5-2-6-20-42)39-46(38-43)68(45-31-32-51-50-24-11-16-30-61(50)70-62(51)40-45)60-36-35-56-64-63(60)53-25-10-15-29-59(53)69-58-28-14-9-23-49(58)52-33-34-57(65(64)66(52)69)67(56)54-26-12-7-21-47(54)48-22-8-13-27-55(48)67/h1-40H. The molecule has 0 unspecified atom stereocenters. The van der Waals surface area contributed by atoms with Gasteiger partial charge < -0.3 is 9.47 Å². The zero-order valence-electron chi connectivity index (χ0n) is 37.9. The minimum absolute atomic E-state index is 0.526. The minimum atomic E-state index is -0.526. The van der Waals surface area contributed by atoms with Gasteiger partial charge in [-0.2, -0.15) is 0 Å². The summed E-state index contributed by atoms with van der Waals surface area (Å²) in [4.78, 5) is 2.58. The van der Waals surface area contributed by atoms with E-state index in [-0.39, 0.29) is 0 Å². The molecule has 0 atom stereocenters. The largest absolute Gasteiger partial charge is 0.310 e. The molecule has 0 amide bonds. The number of fused-ring (bicyclic) bond motifs is 16. The fraction of sp³-hybridized carbons (Fsp3) is 0.0149. The Morgan fingerprint density at radius 2 is 0.914 bits per heavy atom. The van der Waals surface area contributed by atoms with Gasteiger partial charge >= 0.3 is 0 Å². The second-order valence-electron chi connectivity index (χ2n) is 19.1. The van der Waals surface area contributed by atoms with Crippen molar-refractivity contribution in [3.8, 4) is 61.3 Å². The van der Waals surface area contributed by atoms with E-state index in [1.165, 1.54) is 126 Å². The molecule has 0 radical (unpaired) electrons. The lowest BCUT2D eigenvalue weighted by Crippen LogP contribution is -2.26. The second-order valence-corrected chi connectivity index (χ2v) is 20.2. The maximum Gasteiger partial charge on any atom is 0.0726 e. The average molecular weight is 905 g/mol. The van der Waals surface area contributed by atoms with Gasteiger partial charge in [-0.1, -0.05) is 188 Å². The van der Waals surface area contributed by atoms with E-state index in [1.807, 2.05) is 11.3 Å². The number of nitrogens with zero attached hydrogens (tertiary/aromatic N) is 2. The normalized spacial score (nSPS) is 13.3. The summed E-state index contributed by atoms with van der Waals surface area (Å²) < 4.78 is 5.16. The Bertz CT molecular complexity index is 4260. The Labute approximate surface area is 409 Å². The van der Waals surface area contributed by atoms with E-state index < -0.39 is 5.41 Å². The Morgan fingerprint density at radius 1 is 0.343 bits per heavy atom. The van der Waals surface area contributed by atoms with Crippen LogP contribution in [0.3, 0.4) is 0 Å². The molecular weight excluding hydrogens is 865 g/mol. The highest BCUT2D eigenvalue weighted by Crippen LogP contribution is 2.68. The summed E-state index contributed by atoms with van der Waals surface area (Å²) in [5, 5.41) is 5.13. The van der Waals surface area contributed by atoms with Crippen LogP contribution in [-0.4, -0.2) is 4.57 Å². The van der Waals surface area contributed by atoms with E-state index in [0.29, 0.717) is 0 Å². The Hall–Kier alpha value is -8.76. The molecule has 0 fully saturated rings. The molecule has 11 aromatic carbocycles. The molecule has 3 heterocycles. The number of hydrogen-bond acceptors (Lipinski definition) is 2. The van der Waals surface area contributed by atoms with Crippen molar-refractivity contribution in [1.29, 1.82) is 0 Å². The van der Waals surface area contributed by atoms with Crippen LogP contribution in [0.4, 0.5) is 17.1 Å². The first kappa shape index (κ1) is 38.2. The maximum absolute atomic E-state index is 2.59. The smallest absolute Gasteiger partial charge is 0.0726 e. The topological polar surface area (TPSA) is 8.17 Å². The van der Waals surface area contributed by atoms with Gasteiger partial charge in [0.25, 0.3) is 0 Å². The van der Waals surface area contributed by atoms with Crippen molar-refractivity contribution in [3.05, 3.63) is 265 Å². The fourth-order valence-electron chi connectivity index (χ4n) is 13.0. The van der Waals surface area contributed by atoms with Gasteiger partial charge in [-0.05, 0) is 116 Å². The number of para-hydroxylation sites is 2. The van der Waals surface area contributed by atoms with E-state index >= 15 is 0 Å². The molecule has 0 bridgehead atoms. The molecule has 3 aliphatic rings. The van der Waals surface area contributed by atoms with Crippen molar-refractivity contribution in [3.63, 3.8) is 0 Å². The third kappa shape index (κ3) is 4.96. The van der Waals surface area contributed by atoms with E-state index in [4.69, 9.17) is 0 Å². The summed E-state index contributed by atoms with van der Waals surface area (Å²) >= 11 is 1.88. The summed E-state index contributed by atoms with van der Waals surface area (Å²) in [6.45, 7) is 0. The van der Waals surface area contributed by atoms with Crippen LogP contribution in [0, 0.1) is 0 Å². The number of rotatable bonds is 5. The molecule has 324 valence electrons. The Balaban J connectivity index is 1.08. The van der Waals surface area contributed by atoms with Crippen molar-refractivity contribution < 1.29 is 0 Å². The van der Waals surface area contributed by atoms with Crippen LogP contribution in [-0.2, 0) is 5.41 Å². The first-order chi connectivity index (χ1) is 34.7. The van der Waals surface area contributed by atoms with Crippen molar-refractivity contribution in [2.24, 2.45) is 0 Å². The molecule has 2 aromatic heterocycles. The van der Waals surface area contributed by atoms with Gasteiger partial charge in [0.15, 0.2) is 0 Å². The lowest BCUT2D eigenvalue weighted by atomic mass is 9.70. The predicted molar refractivity (Wildman–Crippen MR) is 295 cm³/mol. The Kier molecular flexibility index (Phi) is 7.73. The van der Waals surface area contributed by atoms with E-state index in [0.717, 1.165) is 17.1 Å².